The Hall–Kier alpha value is -2.68. The molecule has 1 radical (unpaired) electrons. The fourth-order valence-corrected chi connectivity index (χ4v) is 4.85. The molecule has 4 heteroatoms. The average Bonchev–Trinajstić information content (AvgIpc) is 3.14. The van der Waals surface area contributed by atoms with Gasteiger partial charge in [0.15, 0.2) is 0 Å². The molecule has 0 bridgehead atoms. The first-order chi connectivity index (χ1) is 13.2. The van der Waals surface area contributed by atoms with Crippen LogP contribution in [0.4, 0.5) is 8.78 Å². The van der Waals surface area contributed by atoms with Crippen LogP contribution in [0.3, 0.4) is 0 Å². The number of rotatable bonds is 0. The molecule has 1 heterocycles. The molecule has 2 aliphatic rings. The van der Waals surface area contributed by atoms with Gasteiger partial charge in [-0.05, 0) is 58.3 Å². The Bertz CT molecular complexity index is 1170. The van der Waals surface area contributed by atoms with E-state index in [0.29, 0.717) is 0 Å². The molecule has 1 aromatic heterocycles. The third-order valence-corrected chi connectivity index (χ3v) is 5.77. The van der Waals surface area contributed by atoms with E-state index < -0.39 is 5.41 Å². The molecule has 0 fully saturated rings. The summed E-state index contributed by atoms with van der Waals surface area (Å²) in [7, 11) is 0. The number of pyridine rings is 1. The van der Waals surface area contributed by atoms with E-state index in [2.05, 4.69) is 11.1 Å². The van der Waals surface area contributed by atoms with Crippen molar-refractivity contribution in [3.05, 3.63) is 113 Å². The van der Waals surface area contributed by atoms with Crippen LogP contribution in [0.5, 0.6) is 0 Å². The summed E-state index contributed by atoms with van der Waals surface area (Å²) in [5.74, 6) is -0.611. The van der Waals surface area contributed by atoms with Crippen molar-refractivity contribution in [3.8, 4) is 22.4 Å². The largest absolute Gasteiger partial charge is 0.304 e. The Morgan fingerprint density at radius 3 is 2.07 bits per heavy atom. The smallest absolute Gasteiger partial charge is 0.123 e. The van der Waals surface area contributed by atoms with Gasteiger partial charge in [0.1, 0.15) is 11.6 Å². The zero-order chi connectivity index (χ0) is 18.2. The van der Waals surface area contributed by atoms with Crippen molar-refractivity contribution in [2.24, 2.45) is 0 Å². The Morgan fingerprint density at radius 1 is 0.750 bits per heavy atom. The third kappa shape index (κ3) is 1.94. The first kappa shape index (κ1) is 17.4. The summed E-state index contributed by atoms with van der Waals surface area (Å²) in [6.45, 7) is 0. The van der Waals surface area contributed by atoms with Crippen LogP contribution in [-0.2, 0) is 25.5 Å². The number of aromatic nitrogens is 1. The first-order valence-electron chi connectivity index (χ1n) is 8.79. The maximum absolute atomic E-state index is 14.4. The van der Waals surface area contributed by atoms with Gasteiger partial charge in [0.25, 0.3) is 0 Å². The molecule has 2 aliphatic carbocycles. The van der Waals surface area contributed by atoms with E-state index in [1.165, 1.54) is 12.1 Å². The quantitative estimate of drug-likeness (QED) is 0.230. The van der Waals surface area contributed by atoms with Crippen molar-refractivity contribution in [2.45, 2.75) is 5.41 Å². The van der Waals surface area contributed by atoms with Crippen molar-refractivity contribution >= 4 is 0 Å². The zero-order valence-electron chi connectivity index (χ0n) is 14.5. The third-order valence-electron chi connectivity index (χ3n) is 5.77. The van der Waals surface area contributed by atoms with E-state index >= 15 is 0 Å². The molecule has 0 saturated heterocycles. The Kier molecular flexibility index (Phi) is 3.67. The van der Waals surface area contributed by atoms with Crippen LogP contribution in [0.2, 0.25) is 0 Å². The number of benzene rings is 3. The molecule has 6 rings (SSSR count). The van der Waals surface area contributed by atoms with Crippen LogP contribution in [-0.4, -0.2) is 4.98 Å². The van der Waals surface area contributed by atoms with Crippen LogP contribution in [0, 0.1) is 17.7 Å². The Morgan fingerprint density at radius 2 is 1.39 bits per heavy atom. The molecule has 0 saturated carbocycles. The Labute approximate surface area is 174 Å². The minimum Gasteiger partial charge on any atom is -0.304 e. The van der Waals surface area contributed by atoms with Crippen molar-refractivity contribution in [1.29, 1.82) is 0 Å². The summed E-state index contributed by atoms with van der Waals surface area (Å²) >= 11 is 0. The summed E-state index contributed by atoms with van der Waals surface area (Å²) in [5.41, 5.74) is 6.36. The van der Waals surface area contributed by atoms with Crippen molar-refractivity contribution in [3.63, 3.8) is 0 Å². The molecular formula is C24H12F2IrN-. The molecule has 0 aliphatic heterocycles. The summed E-state index contributed by atoms with van der Waals surface area (Å²) in [6.07, 6.45) is 1.75. The molecule has 0 unspecified atom stereocenters. The number of fused-ring (bicyclic) bond motifs is 10. The SMILES string of the molecule is Fc1ccc2c(c1)C1(c3ccc[c-]c3-c3ncccc31)c1cc(F)ccc1-2.[Ir]. The molecule has 4 aromatic rings. The van der Waals surface area contributed by atoms with Gasteiger partial charge in [-0.3, -0.25) is 0 Å². The molecule has 3 aromatic carbocycles. The molecule has 0 atom stereocenters. The van der Waals surface area contributed by atoms with Gasteiger partial charge in [-0.2, -0.15) is 0 Å². The minimum atomic E-state index is -0.772. The van der Waals surface area contributed by atoms with Gasteiger partial charge in [0.2, 0.25) is 0 Å². The maximum atomic E-state index is 14.4. The summed E-state index contributed by atoms with van der Waals surface area (Å²) in [6, 6.07) is 22.6. The fourth-order valence-electron chi connectivity index (χ4n) is 4.85. The maximum Gasteiger partial charge on any atom is 0.123 e. The van der Waals surface area contributed by atoms with E-state index in [4.69, 9.17) is 0 Å². The van der Waals surface area contributed by atoms with E-state index in [-0.39, 0.29) is 31.7 Å². The minimum absolute atomic E-state index is 0. The van der Waals surface area contributed by atoms with E-state index in [0.717, 1.165) is 44.6 Å². The van der Waals surface area contributed by atoms with Gasteiger partial charge in [-0.15, -0.1) is 35.4 Å². The fraction of sp³-hybridized carbons (Fsp3) is 0.0417. The monoisotopic (exact) mass is 545 g/mol. The molecule has 1 nitrogen and oxygen atoms in total. The van der Waals surface area contributed by atoms with Gasteiger partial charge in [0.05, 0.1) is 0 Å². The summed E-state index contributed by atoms with van der Waals surface area (Å²) < 4.78 is 28.7. The number of nitrogens with zero attached hydrogens (tertiary/aromatic N) is 1. The summed E-state index contributed by atoms with van der Waals surface area (Å²) in [5, 5.41) is 0. The van der Waals surface area contributed by atoms with Crippen molar-refractivity contribution in [2.75, 3.05) is 0 Å². The van der Waals surface area contributed by atoms with Gasteiger partial charge >= 0.3 is 0 Å². The van der Waals surface area contributed by atoms with Gasteiger partial charge in [0, 0.05) is 31.7 Å². The van der Waals surface area contributed by atoms with Crippen molar-refractivity contribution < 1.29 is 28.9 Å². The Balaban J connectivity index is 0.00000171. The van der Waals surface area contributed by atoms with E-state index in [1.807, 2.05) is 30.3 Å². The number of hydrogen-bond acceptors (Lipinski definition) is 1. The van der Waals surface area contributed by atoms with Crippen LogP contribution in [0.15, 0.2) is 72.9 Å². The molecule has 137 valence electrons. The zero-order valence-corrected chi connectivity index (χ0v) is 16.9. The van der Waals surface area contributed by atoms with Crippen LogP contribution >= 0.6 is 0 Å². The molecule has 0 N–H and O–H groups in total. The van der Waals surface area contributed by atoms with Crippen LogP contribution in [0.1, 0.15) is 22.3 Å². The normalized spacial score (nSPS) is 14.1. The molecule has 1 spiro atoms. The van der Waals surface area contributed by atoms with Gasteiger partial charge in [-0.25, -0.2) is 8.78 Å². The average molecular weight is 545 g/mol. The second kappa shape index (κ2) is 5.91. The second-order valence-electron chi connectivity index (χ2n) is 6.99. The van der Waals surface area contributed by atoms with Crippen LogP contribution < -0.4 is 0 Å². The topological polar surface area (TPSA) is 12.9 Å². The van der Waals surface area contributed by atoms with Gasteiger partial charge < -0.3 is 4.98 Å². The number of halogens is 2. The van der Waals surface area contributed by atoms with Crippen LogP contribution in [0.25, 0.3) is 22.4 Å². The predicted octanol–water partition coefficient (Wildman–Crippen LogP) is 5.50. The van der Waals surface area contributed by atoms with Crippen molar-refractivity contribution in [1.82, 2.24) is 4.98 Å². The standard InChI is InChI=1S/C24H12F2N.Ir/c25-14-7-9-16-17-10-8-15(26)13-22(17)24(21(16)12-14)19-5-2-1-4-18(19)23-20(24)6-3-11-27-23;/h1-3,5-13H;/q-1;. The van der Waals surface area contributed by atoms with E-state index in [1.54, 1.807) is 30.5 Å². The number of hydrogen-bond donors (Lipinski definition) is 0. The van der Waals surface area contributed by atoms with E-state index in [9.17, 15) is 8.78 Å². The van der Waals surface area contributed by atoms with Gasteiger partial charge in [-0.1, -0.05) is 23.8 Å². The second-order valence-corrected chi connectivity index (χ2v) is 6.99. The molecule has 28 heavy (non-hydrogen) atoms. The molecular weight excluding hydrogens is 532 g/mol. The molecule has 0 amide bonds. The first-order valence-corrected chi connectivity index (χ1v) is 8.79. The predicted molar refractivity (Wildman–Crippen MR) is 99.3 cm³/mol. The summed E-state index contributed by atoms with van der Waals surface area (Å²) in [4.78, 5) is 4.59.